The molecule has 0 aromatic rings. The fourth-order valence-electron chi connectivity index (χ4n) is 3.26. The quantitative estimate of drug-likeness (QED) is 0.206. The molecule has 0 bridgehead atoms. The molecule has 2 heteroatoms. The van der Waals surface area contributed by atoms with Crippen molar-refractivity contribution >= 4 is 7.26 Å². The van der Waals surface area contributed by atoms with E-state index >= 15 is 0 Å². The number of unbranched alkanes of at least 4 members (excludes halogenated alkanes) is 7. The van der Waals surface area contributed by atoms with E-state index in [2.05, 4.69) is 27.7 Å². The van der Waals surface area contributed by atoms with Crippen molar-refractivity contribution < 1.29 is 24.0 Å². The molecule has 0 aliphatic carbocycles. The number of hydrogen-bond donors (Lipinski definition) is 0. The first-order valence-corrected chi connectivity index (χ1v) is 12.1. The lowest BCUT2D eigenvalue weighted by Crippen LogP contribution is -3.00. The maximum atomic E-state index is 2.37. The van der Waals surface area contributed by atoms with Gasteiger partial charge in [0.05, 0.1) is 24.6 Å². The van der Waals surface area contributed by atoms with Crippen molar-refractivity contribution in [2.45, 2.75) is 98.3 Å². The Balaban J connectivity index is 0. The molecule has 0 saturated heterocycles. The predicted molar refractivity (Wildman–Crippen MR) is 99.9 cm³/mol. The summed E-state index contributed by atoms with van der Waals surface area (Å²) < 4.78 is 0. The minimum atomic E-state index is -0.602. The molecule has 130 valence electrons. The Bertz CT molecular complexity index is 167. The maximum absolute atomic E-state index is 2.37. The maximum Gasteiger partial charge on any atom is 0.0594 e. The van der Waals surface area contributed by atoms with E-state index in [1.165, 1.54) is 70.6 Å². The van der Waals surface area contributed by atoms with Crippen LogP contribution in [-0.2, 0) is 0 Å². The second kappa shape index (κ2) is 17.5. The summed E-state index contributed by atoms with van der Waals surface area (Å²) in [6.07, 6.45) is 22.5. The molecule has 0 heterocycles. The SMILES string of the molecule is CCCCC[P+](CCCC)(CCCCC)CCCCC.[I-]. The number of halogens is 1. The first kappa shape index (κ1) is 24.4. The van der Waals surface area contributed by atoms with Crippen LogP contribution in [0.3, 0.4) is 0 Å². The second-order valence-corrected chi connectivity index (χ2v) is 11.2. The molecule has 0 unspecified atom stereocenters. The van der Waals surface area contributed by atoms with E-state index in [4.69, 9.17) is 0 Å². The van der Waals surface area contributed by atoms with Crippen LogP contribution in [0.2, 0.25) is 0 Å². The van der Waals surface area contributed by atoms with Gasteiger partial charge in [-0.15, -0.1) is 0 Å². The molecule has 0 spiro atoms. The standard InChI is InChI=1S/C19H42P.HI/c1-5-9-13-17-20(16-12-8-4,18-14-10-6-2)19-15-11-7-3;/h5-19H2,1-4H3;1H/q+1;/p-1. The van der Waals surface area contributed by atoms with Crippen molar-refractivity contribution in [3.8, 4) is 0 Å². The molecule has 21 heavy (non-hydrogen) atoms. The molecule has 0 radical (unpaired) electrons. The Morgan fingerprint density at radius 2 is 0.714 bits per heavy atom. The van der Waals surface area contributed by atoms with Crippen molar-refractivity contribution in [3.05, 3.63) is 0 Å². The fraction of sp³-hybridized carbons (Fsp3) is 1.00. The Labute approximate surface area is 154 Å². The van der Waals surface area contributed by atoms with Crippen LogP contribution in [0.1, 0.15) is 98.3 Å². The molecule has 0 aromatic carbocycles. The number of rotatable bonds is 15. The molecule has 0 rings (SSSR count). The summed E-state index contributed by atoms with van der Waals surface area (Å²) in [6, 6.07) is 0. The zero-order valence-corrected chi connectivity index (χ0v) is 18.5. The van der Waals surface area contributed by atoms with Crippen LogP contribution in [0.5, 0.6) is 0 Å². The highest BCUT2D eigenvalue weighted by atomic mass is 127. The summed E-state index contributed by atoms with van der Waals surface area (Å²) in [5.41, 5.74) is 0. The topological polar surface area (TPSA) is 0 Å². The van der Waals surface area contributed by atoms with E-state index in [0.29, 0.717) is 0 Å². The Kier molecular flexibility index (Phi) is 20.4. The summed E-state index contributed by atoms with van der Waals surface area (Å²) in [4.78, 5) is 0. The summed E-state index contributed by atoms with van der Waals surface area (Å²) in [5.74, 6) is 0. The van der Waals surface area contributed by atoms with E-state index in [0.717, 1.165) is 0 Å². The van der Waals surface area contributed by atoms with Gasteiger partial charge in [0.1, 0.15) is 0 Å². The van der Waals surface area contributed by atoms with Gasteiger partial charge in [-0.25, -0.2) is 0 Å². The first-order chi connectivity index (χ1) is 9.74. The van der Waals surface area contributed by atoms with Gasteiger partial charge in [0.2, 0.25) is 0 Å². The molecule has 0 nitrogen and oxygen atoms in total. The second-order valence-electron chi connectivity index (χ2n) is 6.71. The van der Waals surface area contributed by atoms with Gasteiger partial charge in [0.25, 0.3) is 0 Å². The van der Waals surface area contributed by atoms with Gasteiger partial charge in [-0.2, -0.15) is 0 Å². The van der Waals surface area contributed by atoms with Gasteiger partial charge in [0, 0.05) is 7.26 Å². The smallest absolute Gasteiger partial charge is 0.0594 e. The monoisotopic (exact) mass is 428 g/mol. The van der Waals surface area contributed by atoms with Crippen molar-refractivity contribution in [2.75, 3.05) is 24.6 Å². The molecule has 0 atom stereocenters. The molecular weight excluding hydrogens is 386 g/mol. The molecule has 0 saturated carbocycles. The van der Waals surface area contributed by atoms with E-state index in [1.807, 2.05) is 0 Å². The van der Waals surface area contributed by atoms with Crippen molar-refractivity contribution in [1.29, 1.82) is 0 Å². The average molecular weight is 428 g/mol. The molecule has 0 amide bonds. The minimum absolute atomic E-state index is 0. The van der Waals surface area contributed by atoms with E-state index in [9.17, 15) is 0 Å². The van der Waals surface area contributed by atoms with E-state index < -0.39 is 7.26 Å². The largest absolute Gasteiger partial charge is 1.00 e. The summed E-state index contributed by atoms with van der Waals surface area (Å²) in [7, 11) is -0.602. The molecule has 0 aliphatic heterocycles. The minimum Gasteiger partial charge on any atom is -1.00 e. The zero-order chi connectivity index (χ0) is 15.1. The Morgan fingerprint density at radius 3 is 1.00 bits per heavy atom. The van der Waals surface area contributed by atoms with Crippen LogP contribution in [0.25, 0.3) is 0 Å². The third-order valence-corrected chi connectivity index (χ3v) is 9.75. The predicted octanol–water partition coefficient (Wildman–Crippen LogP) is 4.38. The van der Waals surface area contributed by atoms with Crippen molar-refractivity contribution in [1.82, 2.24) is 0 Å². The van der Waals surface area contributed by atoms with Gasteiger partial charge in [-0.3, -0.25) is 0 Å². The van der Waals surface area contributed by atoms with Crippen LogP contribution < -0.4 is 24.0 Å². The lowest BCUT2D eigenvalue weighted by Gasteiger charge is -2.28. The molecule has 0 N–H and O–H groups in total. The van der Waals surface area contributed by atoms with Crippen LogP contribution in [0.4, 0.5) is 0 Å². The van der Waals surface area contributed by atoms with Gasteiger partial charge in [-0.05, 0) is 25.7 Å². The summed E-state index contributed by atoms with van der Waals surface area (Å²) >= 11 is 0. The van der Waals surface area contributed by atoms with Gasteiger partial charge >= 0.3 is 0 Å². The van der Waals surface area contributed by atoms with Crippen LogP contribution in [-0.4, -0.2) is 24.6 Å². The molecular formula is C19H42IP. The average Bonchev–Trinajstić information content (AvgIpc) is 2.46. The highest BCUT2D eigenvalue weighted by molar-refractivity contribution is 7.75. The van der Waals surface area contributed by atoms with Crippen molar-refractivity contribution in [2.24, 2.45) is 0 Å². The molecule has 0 aromatic heterocycles. The van der Waals surface area contributed by atoms with Crippen LogP contribution in [0.15, 0.2) is 0 Å². The lowest BCUT2D eigenvalue weighted by atomic mass is 10.3. The third-order valence-electron chi connectivity index (χ3n) is 4.69. The first-order valence-electron chi connectivity index (χ1n) is 9.59. The van der Waals surface area contributed by atoms with Gasteiger partial charge < -0.3 is 24.0 Å². The normalized spacial score (nSPS) is 11.4. The van der Waals surface area contributed by atoms with Crippen LogP contribution in [0, 0.1) is 0 Å². The Morgan fingerprint density at radius 1 is 0.429 bits per heavy atom. The van der Waals surface area contributed by atoms with E-state index in [-0.39, 0.29) is 24.0 Å². The zero-order valence-electron chi connectivity index (χ0n) is 15.4. The highest BCUT2D eigenvalue weighted by Gasteiger charge is 2.34. The molecule has 0 fully saturated rings. The van der Waals surface area contributed by atoms with Gasteiger partial charge in [-0.1, -0.05) is 72.6 Å². The lowest BCUT2D eigenvalue weighted by molar-refractivity contribution is -0.00000470. The third kappa shape index (κ3) is 13.3. The van der Waals surface area contributed by atoms with Crippen LogP contribution >= 0.6 is 7.26 Å². The number of hydrogen-bond acceptors (Lipinski definition) is 0. The summed E-state index contributed by atoms with van der Waals surface area (Å²) in [6.45, 7) is 9.42. The Hall–Kier alpha value is 1.16. The van der Waals surface area contributed by atoms with E-state index in [1.54, 1.807) is 24.6 Å². The van der Waals surface area contributed by atoms with Gasteiger partial charge in [0.15, 0.2) is 0 Å². The summed E-state index contributed by atoms with van der Waals surface area (Å²) in [5, 5.41) is 0. The highest BCUT2D eigenvalue weighted by Crippen LogP contribution is 2.61. The fourth-order valence-corrected chi connectivity index (χ4v) is 8.27. The molecule has 0 aliphatic rings. The van der Waals surface area contributed by atoms with Crippen molar-refractivity contribution in [3.63, 3.8) is 0 Å².